The summed E-state index contributed by atoms with van der Waals surface area (Å²) in [4.78, 5) is 8.43. The molecule has 1 saturated heterocycles. The van der Waals surface area contributed by atoms with Gasteiger partial charge in [0.25, 0.3) is 15.9 Å². The quantitative estimate of drug-likeness (QED) is 0.881. The normalized spacial score (nSPS) is 21.6. The molecule has 0 saturated carbocycles. The van der Waals surface area contributed by atoms with Crippen LogP contribution in [0.5, 0.6) is 0 Å². The van der Waals surface area contributed by atoms with Crippen LogP contribution >= 0.6 is 0 Å². The largest absolute Gasteiger partial charge is 0.377 e. The van der Waals surface area contributed by atoms with Gasteiger partial charge in [-0.3, -0.25) is 0 Å². The summed E-state index contributed by atoms with van der Waals surface area (Å²) in [6.45, 7) is 7.06. The fraction of sp³-hybridized carbons (Fsp3) is 0.562. The van der Waals surface area contributed by atoms with E-state index in [4.69, 9.17) is 9.26 Å². The van der Waals surface area contributed by atoms with Crippen LogP contribution in [-0.4, -0.2) is 43.3 Å². The van der Waals surface area contributed by atoms with Crippen molar-refractivity contribution in [2.24, 2.45) is 5.41 Å². The molecule has 0 aliphatic carbocycles. The number of hydrogen-bond donors (Lipinski definition) is 1. The van der Waals surface area contributed by atoms with Gasteiger partial charge in [-0.2, -0.15) is 4.98 Å². The Balaban J connectivity index is 1.84. The van der Waals surface area contributed by atoms with E-state index in [1.165, 1.54) is 19.3 Å². The molecule has 2 aromatic heterocycles. The summed E-state index contributed by atoms with van der Waals surface area (Å²) in [5.41, 5.74) is 0.548. The number of nitrogens with zero attached hydrogens (tertiary/aromatic N) is 3. The Labute approximate surface area is 147 Å². The number of pyridine rings is 1. The average molecular weight is 366 g/mol. The van der Waals surface area contributed by atoms with Crippen molar-refractivity contribution in [1.82, 2.24) is 19.8 Å². The van der Waals surface area contributed by atoms with Crippen molar-refractivity contribution in [3.63, 3.8) is 0 Å². The SMILES string of the molecule is CNS(=O)(=O)c1ccc(-c2nc([C@H]3CCO[C@@H]3C(C)(C)C)no2)cn1. The van der Waals surface area contributed by atoms with Crippen LogP contribution in [0.15, 0.2) is 27.9 Å². The van der Waals surface area contributed by atoms with Gasteiger partial charge in [0.05, 0.1) is 17.6 Å². The fourth-order valence-corrected chi connectivity index (χ4v) is 3.63. The lowest BCUT2D eigenvalue weighted by Crippen LogP contribution is -2.30. The van der Waals surface area contributed by atoms with Gasteiger partial charge in [-0.25, -0.2) is 18.1 Å². The molecular formula is C16H22N4O4S. The standard InChI is InChI=1S/C16H22N4O4S/c1-16(2,3)13-11(7-8-23-13)14-19-15(24-20-14)10-5-6-12(18-9-10)25(21,22)17-4/h5-6,9,11,13,17H,7-8H2,1-4H3/t11-,13-/m0/s1. The van der Waals surface area contributed by atoms with E-state index in [0.29, 0.717) is 23.9 Å². The molecule has 1 aliphatic rings. The number of sulfonamides is 1. The first-order chi connectivity index (χ1) is 11.7. The van der Waals surface area contributed by atoms with Crippen LogP contribution in [0.4, 0.5) is 0 Å². The van der Waals surface area contributed by atoms with E-state index < -0.39 is 10.0 Å². The predicted molar refractivity (Wildman–Crippen MR) is 90.3 cm³/mol. The summed E-state index contributed by atoms with van der Waals surface area (Å²) in [6.07, 6.45) is 2.28. The molecule has 2 aromatic rings. The molecule has 0 aromatic carbocycles. The fourth-order valence-electron chi connectivity index (χ4n) is 2.98. The van der Waals surface area contributed by atoms with E-state index in [1.807, 2.05) is 0 Å². The van der Waals surface area contributed by atoms with Gasteiger partial charge >= 0.3 is 0 Å². The van der Waals surface area contributed by atoms with Crippen LogP contribution in [0.3, 0.4) is 0 Å². The molecule has 0 bridgehead atoms. The Hall–Kier alpha value is -1.84. The molecule has 1 aliphatic heterocycles. The topological polar surface area (TPSA) is 107 Å². The van der Waals surface area contributed by atoms with E-state index in [1.54, 1.807) is 6.07 Å². The zero-order chi connectivity index (χ0) is 18.2. The van der Waals surface area contributed by atoms with Gasteiger partial charge in [0.2, 0.25) is 0 Å². The molecule has 9 heteroatoms. The number of nitrogens with one attached hydrogen (secondary N) is 1. The van der Waals surface area contributed by atoms with Gasteiger partial charge < -0.3 is 9.26 Å². The lowest BCUT2D eigenvalue weighted by Gasteiger charge is -2.29. The van der Waals surface area contributed by atoms with Crippen molar-refractivity contribution < 1.29 is 17.7 Å². The molecule has 0 spiro atoms. The van der Waals surface area contributed by atoms with E-state index in [2.05, 4.69) is 40.6 Å². The summed E-state index contributed by atoms with van der Waals surface area (Å²) >= 11 is 0. The van der Waals surface area contributed by atoms with Crippen LogP contribution in [0.25, 0.3) is 11.5 Å². The first-order valence-corrected chi connectivity index (χ1v) is 9.56. The second kappa shape index (κ2) is 6.47. The third kappa shape index (κ3) is 3.58. The van der Waals surface area contributed by atoms with Crippen molar-refractivity contribution in [2.45, 2.75) is 44.2 Å². The molecule has 3 heterocycles. The number of rotatable bonds is 4. The third-order valence-corrected chi connectivity index (χ3v) is 5.58. The van der Waals surface area contributed by atoms with E-state index >= 15 is 0 Å². The number of aromatic nitrogens is 3. The second-order valence-corrected chi connectivity index (χ2v) is 8.94. The van der Waals surface area contributed by atoms with Crippen LogP contribution in [0.2, 0.25) is 0 Å². The molecule has 25 heavy (non-hydrogen) atoms. The van der Waals surface area contributed by atoms with Gasteiger partial charge in [-0.1, -0.05) is 25.9 Å². The predicted octanol–water partition coefficient (Wildman–Crippen LogP) is 1.96. The Morgan fingerprint density at radius 3 is 2.64 bits per heavy atom. The highest BCUT2D eigenvalue weighted by Gasteiger charge is 2.40. The minimum absolute atomic E-state index is 0.0212. The van der Waals surface area contributed by atoms with Crippen molar-refractivity contribution in [1.29, 1.82) is 0 Å². The number of hydrogen-bond acceptors (Lipinski definition) is 7. The highest BCUT2D eigenvalue weighted by atomic mass is 32.2. The van der Waals surface area contributed by atoms with Crippen LogP contribution < -0.4 is 4.72 Å². The van der Waals surface area contributed by atoms with Gasteiger partial charge in [-0.05, 0) is 31.0 Å². The first kappa shape index (κ1) is 18.0. The molecule has 136 valence electrons. The lowest BCUT2D eigenvalue weighted by atomic mass is 9.81. The molecule has 3 rings (SSSR count). The maximum absolute atomic E-state index is 11.7. The van der Waals surface area contributed by atoms with Crippen LogP contribution in [0, 0.1) is 5.41 Å². The third-order valence-electron chi connectivity index (χ3n) is 4.25. The summed E-state index contributed by atoms with van der Waals surface area (Å²) in [6, 6.07) is 3.00. The zero-order valence-corrected chi connectivity index (χ0v) is 15.5. The van der Waals surface area contributed by atoms with Crippen LogP contribution in [-0.2, 0) is 14.8 Å². The molecule has 2 atom stereocenters. The van der Waals surface area contributed by atoms with Crippen molar-refractivity contribution in [3.8, 4) is 11.5 Å². The molecule has 0 amide bonds. The van der Waals surface area contributed by atoms with Crippen molar-refractivity contribution in [2.75, 3.05) is 13.7 Å². The summed E-state index contributed by atoms with van der Waals surface area (Å²) < 4.78 is 36.9. The van der Waals surface area contributed by atoms with Crippen molar-refractivity contribution in [3.05, 3.63) is 24.2 Å². The summed E-state index contributed by atoms with van der Waals surface area (Å²) in [5.74, 6) is 1.00. The van der Waals surface area contributed by atoms with Crippen molar-refractivity contribution >= 4 is 10.0 Å². The van der Waals surface area contributed by atoms with Gasteiger partial charge in [0, 0.05) is 12.8 Å². The first-order valence-electron chi connectivity index (χ1n) is 8.07. The average Bonchev–Trinajstić information content (AvgIpc) is 3.23. The molecule has 0 unspecified atom stereocenters. The molecule has 0 radical (unpaired) electrons. The van der Waals surface area contributed by atoms with Gasteiger partial charge in [0.15, 0.2) is 10.9 Å². The van der Waals surface area contributed by atoms with E-state index in [9.17, 15) is 8.42 Å². The van der Waals surface area contributed by atoms with Gasteiger partial charge in [-0.15, -0.1) is 0 Å². The molecule has 1 fully saturated rings. The van der Waals surface area contributed by atoms with E-state index in [0.717, 1.165) is 6.42 Å². The Kier molecular flexibility index (Phi) is 4.65. The lowest BCUT2D eigenvalue weighted by molar-refractivity contribution is 0.0193. The Morgan fingerprint density at radius 2 is 2.04 bits per heavy atom. The maximum atomic E-state index is 11.7. The Morgan fingerprint density at radius 1 is 1.28 bits per heavy atom. The van der Waals surface area contributed by atoms with Crippen LogP contribution in [0.1, 0.15) is 38.9 Å². The molecule has 1 N–H and O–H groups in total. The number of ether oxygens (including phenoxy) is 1. The minimum Gasteiger partial charge on any atom is -0.377 e. The monoisotopic (exact) mass is 366 g/mol. The van der Waals surface area contributed by atoms with E-state index in [-0.39, 0.29) is 22.5 Å². The second-order valence-electron chi connectivity index (χ2n) is 7.10. The highest BCUT2D eigenvalue weighted by Crippen LogP contribution is 2.40. The zero-order valence-electron chi connectivity index (χ0n) is 14.7. The van der Waals surface area contributed by atoms with Gasteiger partial charge in [0.1, 0.15) is 0 Å². The maximum Gasteiger partial charge on any atom is 0.259 e. The minimum atomic E-state index is -3.57. The molecule has 8 nitrogen and oxygen atoms in total. The smallest absolute Gasteiger partial charge is 0.259 e. The summed E-state index contributed by atoms with van der Waals surface area (Å²) in [5, 5.41) is 4.04. The highest BCUT2D eigenvalue weighted by molar-refractivity contribution is 7.89. The molecular weight excluding hydrogens is 344 g/mol. The Bertz CT molecular complexity index is 840. The summed E-state index contributed by atoms with van der Waals surface area (Å²) in [7, 11) is -2.24.